The molecule has 1 aromatic rings. The summed E-state index contributed by atoms with van der Waals surface area (Å²) in [5, 5.41) is 41.5. The summed E-state index contributed by atoms with van der Waals surface area (Å²) in [6.45, 7) is 5.29. The summed E-state index contributed by atoms with van der Waals surface area (Å²) in [5.74, 6) is -1.76. The number of benzene rings is 1. The second kappa shape index (κ2) is 6.21. The molecule has 0 aliphatic carbocycles. The standard InChI is InChI=1S/C13H20N4O4/c1-5-15-12(14)16-13(21)17(4)8-6(2)9(18)11(20)10(19)7(8)3/h18-20H,5H2,1-4H3,(H3,14,15,16,21). The number of carbonyl (C=O) groups excluding carboxylic acids is 1. The van der Waals surface area contributed by atoms with E-state index in [1.165, 1.54) is 20.9 Å². The molecule has 0 aromatic heterocycles. The van der Waals surface area contributed by atoms with Gasteiger partial charge in [0.15, 0.2) is 17.5 Å². The van der Waals surface area contributed by atoms with Crippen molar-refractivity contribution in [2.24, 2.45) is 0 Å². The molecule has 0 atom stereocenters. The van der Waals surface area contributed by atoms with Gasteiger partial charge in [-0.15, -0.1) is 0 Å². The van der Waals surface area contributed by atoms with E-state index >= 15 is 0 Å². The van der Waals surface area contributed by atoms with Crippen LogP contribution in [0.2, 0.25) is 0 Å². The van der Waals surface area contributed by atoms with Gasteiger partial charge in [0.2, 0.25) is 5.75 Å². The Labute approximate surface area is 122 Å². The van der Waals surface area contributed by atoms with Crippen LogP contribution in [0, 0.1) is 19.3 Å². The van der Waals surface area contributed by atoms with E-state index < -0.39 is 23.3 Å². The van der Waals surface area contributed by atoms with Gasteiger partial charge in [-0.2, -0.15) is 0 Å². The first-order chi connectivity index (χ1) is 9.72. The summed E-state index contributed by atoms with van der Waals surface area (Å²) in [5.41, 5.74) is 0.746. The van der Waals surface area contributed by atoms with E-state index in [4.69, 9.17) is 5.41 Å². The molecule has 116 valence electrons. The maximum absolute atomic E-state index is 12.0. The van der Waals surface area contributed by atoms with E-state index in [0.29, 0.717) is 6.54 Å². The molecule has 2 amide bonds. The zero-order chi connectivity index (χ0) is 16.3. The molecule has 8 heteroatoms. The van der Waals surface area contributed by atoms with Crippen LogP contribution in [0.5, 0.6) is 17.2 Å². The number of rotatable bonds is 2. The molecule has 0 bridgehead atoms. The molecule has 0 spiro atoms. The van der Waals surface area contributed by atoms with E-state index in [1.54, 1.807) is 6.92 Å². The van der Waals surface area contributed by atoms with Crippen molar-refractivity contribution in [1.29, 1.82) is 5.41 Å². The van der Waals surface area contributed by atoms with Gasteiger partial charge in [-0.05, 0) is 20.8 Å². The molecular weight excluding hydrogens is 276 g/mol. The number of nitrogens with zero attached hydrogens (tertiary/aromatic N) is 1. The molecule has 1 rings (SSSR count). The van der Waals surface area contributed by atoms with Crippen molar-refractivity contribution in [2.45, 2.75) is 20.8 Å². The van der Waals surface area contributed by atoms with Crippen molar-refractivity contribution in [1.82, 2.24) is 10.6 Å². The third kappa shape index (κ3) is 3.10. The molecule has 0 aliphatic rings. The molecule has 21 heavy (non-hydrogen) atoms. The zero-order valence-corrected chi connectivity index (χ0v) is 12.4. The van der Waals surface area contributed by atoms with Crippen LogP contribution in [0.3, 0.4) is 0 Å². The highest BCUT2D eigenvalue weighted by Gasteiger charge is 2.24. The lowest BCUT2D eigenvalue weighted by Gasteiger charge is -2.24. The quantitative estimate of drug-likeness (QED) is 0.277. The molecule has 0 unspecified atom stereocenters. The lowest BCUT2D eigenvalue weighted by Crippen LogP contribution is -2.46. The number of hydrogen-bond donors (Lipinski definition) is 6. The van der Waals surface area contributed by atoms with Crippen molar-refractivity contribution < 1.29 is 20.1 Å². The van der Waals surface area contributed by atoms with Gasteiger partial charge in [0.1, 0.15) is 0 Å². The minimum Gasteiger partial charge on any atom is -0.504 e. The number of carbonyl (C=O) groups is 1. The highest BCUT2D eigenvalue weighted by molar-refractivity contribution is 6.03. The summed E-state index contributed by atoms with van der Waals surface area (Å²) >= 11 is 0. The van der Waals surface area contributed by atoms with Gasteiger partial charge in [-0.3, -0.25) is 15.6 Å². The number of phenolic OH excluding ortho intramolecular Hbond substituents is 3. The fourth-order valence-corrected chi connectivity index (χ4v) is 1.99. The number of phenols is 3. The van der Waals surface area contributed by atoms with Gasteiger partial charge in [0.05, 0.1) is 5.69 Å². The molecule has 0 fully saturated rings. The van der Waals surface area contributed by atoms with Crippen LogP contribution in [0.25, 0.3) is 0 Å². The van der Waals surface area contributed by atoms with Crippen molar-refractivity contribution in [3.05, 3.63) is 11.1 Å². The van der Waals surface area contributed by atoms with E-state index in [1.807, 2.05) is 0 Å². The van der Waals surface area contributed by atoms with Gasteiger partial charge in [-0.25, -0.2) is 4.79 Å². The predicted molar refractivity (Wildman–Crippen MR) is 79.2 cm³/mol. The lowest BCUT2D eigenvalue weighted by atomic mass is 10.0. The molecule has 6 N–H and O–H groups in total. The van der Waals surface area contributed by atoms with E-state index in [0.717, 1.165) is 4.90 Å². The van der Waals surface area contributed by atoms with Crippen LogP contribution in [0.4, 0.5) is 10.5 Å². The zero-order valence-electron chi connectivity index (χ0n) is 12.4. The Morgan fingerprint density at radius 2 is 1.62 bits per heavy atom. The highest BCUT2D eigenvalue weighted by atomic mass is 16.3. The molecule has 1 aromatic carbocycles. The number of urea groups is 1. The number of aromatic hydroxyl groups is 3. The predicted octanol–water partition coefficient (Wildman–Crippen LogP) is 1.11. The Balaban J connectivity index is 3.16. The lowest BCUT2D eigenvalue weighted by molar-refractivity contribution is 0.251. The summed E-state index contributed by atoms with van der Waals surface area (Å²) in [7, 11) is 1.43. The highest BCUT2D eigenvalue weighted by Crippen LogP contribution is 2.45. The van der Waals surface area contributed by atoms with E-state index in [9.17, 15) is 20.1 Å². The fraction of sp³-hybridized carbons (Fsp3) is 0.385. The maximum Gasteiger partial charge on any atom is 0.328 e. The summed E-state index contributed by atoms with van der Waals surface area (Å²) in [6, 6.07) is -0.614. The molecule has 0 aliphatic heterocycles. The Morgan fingerprint density at radius 3 is 2.05 bits per heavy atom. The molecule has 0 saturated heterocycles. The number of hydrogen-bond acceptors (Lipinski definition) is 5. The first-order valence-electron chi connectivity index (χ1n) is 6.33. The van der Waals surface area contributed by atoms with Crippen LogP contribution in [0.1, 0.15) is 18.1 Å². The molecular formula is C13H20N4O4. The summed E-state index contributed by atoms with van der Waals surface area (Å²) in [4.78, 5) is 13.2. The largest absolute Gasteiger partial charge is 0.504 e. The molecule has 0 radical (unpaired) electrons. The van der Waals surface area contributed by atoms with Crippen LogP contribution < -0.4 is 15.5 Å². The first kappa shape index (κ1) is 16.4. The van der Waals surface area contributed by atoms with Crippen molar-refractivity contribution in [3.63, 3.8) is 0 Å². The monoisotopic (exact) mass is 296 g/mol. The minimum absolute atomic E-state index is 0.156. The van der Waals surface area contributed by atoms with Crippen molar-refractivity contribution >= 4 is 17.7 Å². The maximum atomic E-state index is 12.0. The third-order valence-electron chi connectivity index (χ3n) is 3.09. The van der Waals surface area contributed by atoms with Crippen LogP contribution in [-0.2, 0) is 0 Å². The van der Waals surface area contributed by atoms with Crippen LogP contribution >= 0.6 is 0 Å². The van der Waals surface area contributed by atoms with E-state index in [-0.39, 0.29) is 22.8 Å². The first-order valence-corrected chi connectivity index (χ1v) is 6.33. The normalized spacial score (nSPS) is 10.1. The fourth-order valence-electron chi connectivity index (χ4n) is 1.99. The number of nitrogens with one attached hydrogen (secondary N) is 3. The number of anilines is 1. The molecule has 0 saturated carbocycles. The summed E-state index contributed by atoms with van der Waals surface area (Å²) in [6.07, 6.45) is 0. The van der Waals surface area contributed by atoms with Crippen LogP contribution in [-0.4, -0.2) is 40.9 Å². The van der Waals surface area contributed by atoms with E-state index in [2.05, 4.69) is 10.6 Å². The van der Waals surface area contributed by atoms with Crippen molar-refractivity contribution in [2.75, 3.05) is 18.5 Å². The van der Waals surface area contributed by atoms with Crippen molar-refractivity contribution in [3.8, 4) is 17.2 Å². The second-order valence-corrected chi connectivity index (χ2v) is 4.54. The van der Waals surface area contributed by atoms with Gasteiger partial charge in [0.25, 0.3) is 0 Å². The van der Waals surface area contributed by atoms with Crippen LogP contribution in [0.15, 0.2) is 0 Å². The average Bonchev–Trinajstić information content (AvgIpc) is 2.43. The Bertz CT molecular complexity index is 557. The summed E-state index contributed by atoms with van der Waals surface area (Å²) < 4.78 is 0. The third-order valence-corrected chi connectivity index (χ3v) is 3.09. The Morgan fingerprint density at radius 1 is 1.14 bits per heavy atom. The minimum atomic E-state index is -0.622. The topological polar surface area (TPSA) is 129 Å². The Kier molecular flexibility index (Phi) is 4.85. The number of guanidine groups is 1. The van der Waals surface area contributed by atoms with Gasteiger partial charge in [0, 0.05) is 24.7 Å². The second-order valence-electron chi connectivity index (χ2n) is 4.54. The smallest absolute Gasteiger partial charge is 0.328 e. The molecule has 0 heterocycles. The van der Waals surface area contributed by atoms with Gasteiger partial charge in [-0.1, -0.05) is 0 Å². The van der Waals surface area contributed by atoms with Gasteiger partial charge >= 0.3 is 6.03 Å². The Hall–Kier alpha value is -2.64. The van der Waals surface area contributed by atoms with Gasteiger partial charge < -0.3 is 20.6 Å². The SMILES string of the molecule is CCNC(=N)NC(=O)N(C)c1c(C)c(O)c(O)c(O)c1C. The average molecular weight is 296 g/mol. The molecule has 8 nitrogen and oxygen atoms in total. The number of amides is 2.